The quantitative estimate of drug-likeness (QED) is 0.801. The van der Waals surface area contributed by atoms with Gasteiger partial charge in [0.2, 0.25) is 0 Å². The maximum atomic E-state index is 12.9. The van der Waals surface area contributed by atoms with E-state index in [4.69, 9.17) is 9.72 Å². The van der Waals surface area contributed by atoms with Gasteiger partial charge in [-0.05, 0) is 18.6 Å². The van der Waals surface area contributed by atoms with Gasteiger partial charge in [0.15, 0.2) is 0 Å². The van der Waals surface area contributed by atoms with Crippen LogP contribution in [0.5, 0.6) is 5.75 Å². The molecule has 5 nitrogen and oxygen atoms in total. The molecule has 146 valence electrons. The van der Waals surface area contributed by atoms with Gasteiger partial charge in [-0.1, -0.05) is 32.9 Å². The van der Waals surface area contributed by atoms with Gasteiger partial charge in [0.05, 0.1) is 23.4 Å². The van der Waals surface area contributed by atoms with Gasteiger partial charge < -0.3 is 9.64 Å². The van der Waals surface area contributed by atoms with E-state index in [1.165, 1.54) is 5.01 Å². The van der Waals surface area contributed by atoms with Crippen LogP contribution in [0.2, 0.25) is 0 Å². The second kappa shape index (κ2) is 8.40. The van der Waals surface area contributed by atoms with Crippen LogP contribution in [0.15, 0.2) is 29.6 Å². The van der Waals surface area contributed by atoms with Crippen LogP contribution in [0.1, 0.15) is 48.3 Å². The normalized spacial score (nSPS) is 16.2. The van der Waals surface area contributed by atoms with Crippen molar-refractivity contribution in [2.75, 3.05) is 33.3 Å². The third kappa shape index (κ3) is 4.87. The van der Waals surface area contributed by atoms with E-state index in [0.29, 0.717) is 11.3 Å². The van der Waals surface area contributed by atoms with Crippen molar-refractivity contribution in [3.05, 3.63) is 45.9 Å². The molecule has 1 fully saturated rings. The lowest BCUT2D eigenvalue weighted by Crippen LogP contribution is -2.35. The third-order valence-corrected chi connectivity index (χ3v) is 6.11. The fourth-order valence-corrected chi connectivity index (χ4v) is 4.18. The minimum absolute atomic E-state index is 0.0537. The number of nitrogens with zero attached hydrogens (tertiary/aromatic N) is 3. The third-order valence-electron chi connectivity index (χ3n) is 4.79. The fourth-order valence-electron chi connectivity index (χ4n) is 3.28. The Bertz CT molecular complexity index is 782. The Hall–Kier alpha value is -1.92. The van der Waals surface area contributed by atoms with Gasteiger partial charge in [0, 0.05) is 43.5 Å². The highest BCUT2D eigenvalue weighted by Crippen LogP contribution is 2.26. The van der Waals surface area contributed by atoms with Crippen molar-refractivity contribution in [1.82, 2.24) is 14.8 Å². The minimum Gasteiger partial charge on any atom is -0.496 e. The van der Waals surface area contributed by atoms with E-state index in [9.17, 15) is 4.79 Å². The minimum atomic E-state index is 0.0537. The molecule has 1 amide bonds. The lowest BCUT2D eigenvalue weighted by Gasteiger charge is -2.22. The van der Waals surface area contributed by atoms with Crippen molar-refractivity contribution >= 4 is 17.2 Å². The second-order valence-electron chi connectivity index (χ2n) is 8.02. The monoisotopic (exact) mass is 387 g/mol. The molecule has 0 saturated carbocycles. The molecule has 1 aromatic carbocycles. The van der Waals surface area contributed by atoms with Crippen LogP contribution in [0.4, 0.5) is 0 Å². The standard InChI is InChI=1S/C21H29N3O2S/c1-21(2,3)20-22-16(15-27-20)14-23-10-7-11-24(13-12-23)19(25)17-8-5-6-9-18(17)26-4/h5-6,8-9,15H,7,10-14H2,1-4H3. The van der Waals surface area contributed by atoms with E-state index in [2.05, 4.69) is 31.1 Å². The van der Waals surface area contributed by atoms with Crippen molar-refractivity contribution in [1.29, 1.82) is 0 Å². The lowest BCUT2D eigenvalue weighted by molar-refractivity contribution is 0.0757. The van der Waals surface area contributed by atoms with Gasteiger partial charge in [-0.3, -0.25) is 9.69 Å². The zero-order chi connectivity index (χ0) is 19.4. The van der Waals surface area contributed by atoms with Crippen LogP contribution in [0, 0.1) is 0 Å². The van der Waals surface area contributed by atoms with E-state index in [1.54, 1.807) is 18.4 Å². The number of aromatic nitrogens is 1. The number of thiazole rings is 1. The number of carbonyl (C=O) groups is 1. The summed E-state index contributed by atoms with van der Waals surface area (Å²) >= 11 is 1.74. The summed E-state index contributed by atoms with van der Waals surface area (Å²) in [5.41, 5.74) is 1.87. The molecule has 0 unspecified atom stereocenters. The number of hydrogen-bond acceptors (Lipinski definition) is 5. The highest BCUT2D eigenvalue weighted by atomic mass is 32.1. The van der Waals surface area contributed by atoms with E-state index in [-0.39, 0.29) is 11.3 Å². The Morgan fingerprint density at radius 3 is 2.67 bits per heavy atom. The highest BCUT2D eigenvalue weighted by molar-refractivity contribution is 7.09. The van der Waals surface area contributed by atoms with Crippen molar-refractivity contribution in [3.8, 4) is 5.75 Å². The van der Waals surface area contributed by atoms with Gasteiger partial charge in [0.25, 0.3) is 5.91 Å². The van der Waals surface area contributed by atoms with Crippen LogP contribution >= 0.6 is 11.3 Å². The molecule has 1 aliphatic heterocycles. The van der Waals surface area contributed by atoms with Gasteiger partial charge in [-0.15, -0.1) is 11.3 Å². The number of benzene rings is 1. The number of amides is 1. The molecule has 2 heterocycles. The van der Waals surface area contributed by atoms with Crippen molar-refractivity contribution in [2.45, 2.75) is 39.2 Å². The van der Waals surface area contributed by atoms with E-state index in [0.717, 1.165) is 44.8 Å². The summed E-state index contributed by atoms with van der Waals surface area (Å²) in [4.78, 5) is 22.1. The highest BCUT2D eigenvalue weighted by Gasteiger charge is 2.23. The van der Waals surface area contributed by atoms with Crippen LogP contribution in [-0.2, 0) is 12.0 Å². The predicted molar refractivity (Wildman–Crippen MR) is 110 cm³/mol. The number of hydrogen-bond donors (Lipinski definition) is 0. The average molecular weight is 388 g/mol. The molecule has 0 N–H and O–H groups in total. The molecule has 1 aromatic heterocycles. The molecule has 27 heavy (non-hydrogen) atoms. The van der Waals surface area contributed by atoms with Crippen LogP contribution in [-0.4, -0.2) is 54.0 Å². The smallest absolute Gasteiger partial charge is 0.257 e. The largest absolute Gasteiger partial charge is 0.496 e. The molecule has 1 aliphatic rings. The van der Waals surface area contributed by atoms with Crippen molar-refractivity contribution in [2.24, 2.45) is 0 Å². The van der Waals surface area contributed by atoms with Gasteiger partial charge in [-0.25, -0.2) is 4.98 Å². The van der Waals surface area contributed by atoms with E-state index >= 15 is 0 Å². The molecule has 2 aromatic rings. The van der Waals surface area contributed by atoms with E-state index < -0.39 is 0 Å². The van der Waals surface area contributed by atoms with Gasteiger partial charge in [0.1, 0.15) is 5.75 Å². The summed E-state index contributed by atoms with van der Waals surface area (Å²) in [5, 5.41) is 3.35. The molecule has 3 rings (SSSR count). The number of methoxy groups -OCH3 is 1. The van der Waals surface area contributed by atoms with Gasteiger partial charge in [-0.2, -0.15) is 0 Å². The Balaban J connectivity index is 1.62. The molecule has 6 heteroatoms. The zero-order valence-corrected chi connectivity index (χ0v) is 17.5. The maximum absolute atomic E-state index is 12.9. The predicted octanol–water partition coefficient (Wildman–Crippen LogP) is 3.80. The summed E-state index contributed by atoms with van der Waals surface area (Å²) in [6, 6.07) is 7.45. The SMILES string of the molecule is COc1ccccc1C(=O)N1CCCN(Cc2csc(C(C)(C)C)n2)CC1. The van der Waals surface area contributed by atoms with Gasteiger partial charge >= 0.3 is 0 Å². The summed E-state index contributed by atoms with van der Waals surface area (Å²) < 4.78 is 5.35. The number of para-hydroxylation sites is 1. The summed E-state index contributed by atoms with van der Waals surface area (Å²) in [6.07, 6.45) is 0.969. The van der Waals surface area contributed by atoms with E-state index in [1.807, 2.05) is 29.2 Å². The molecule has 0 atom stereocenters. The van der Waals surface area contributed by atoms with Crippen molar-refractivity contribution in [3.63, 3.8) is 0 Å². The molecule has 0 aliphatic carbocycles. The second-order valence-corrected chi connectivity index (χ2v) is 8.87. The number of ether oxygens (including phenoxy) is 1. The number of rotatable bonds is 4. The summed E-state index contributed by atoms with van der Waals surface area (Å²) in [6.45, 7) is 10.8. The first kappa shape index (κ1) is 19.8. The first-order chi connectivity index (χ1) is 12.9. The Morgan fingerprint density at radius 2 is 1.96 bits per heavy atom. The topological polar surface area (TPSA) is 45.7 Å². The molecule has 1 saturated heterocycles. The summed E-state index contributed by atoms with van der Waals surface area (Å²) in [5.74, 6) is 0.693. The number of carbonyl (C=O) groups excluding carboxylic acids is 1. The van der Waals surface area contributed by atoms with Crippen LogP contribution in [0.3, 0.4) is 0 Å². The molecule has 0 radical (unpaired) electrons. The van der Waals surface area contributed by atoms with Crippen LogP contribution in [0.25, 0.3) is 0 Å². The lowest BCUT2D eigenvalue weighted by atomic mass is 9.98. The maximum Gasteiger partial charge on any atom is 0.257 e. The first-order valence-electron chi connectivity index (χ1n) is 9.48. The molecule has 0 bridgehead atoms. The summed E-state index contributed by atoms with van der Waals surface area (Å²) in [7, 11) is 1.61. The zero-order valence-electron chi connectivity index (χ0n) is 16.7. The average Bonchev–Trinajstić information content (AvgIpc) is 3.00. The molecular formula is C21H29N3O2S. The first-order valence-corrected chi connectivity index (χ1v) is 10.4. The Kier molecular flexibility index (Phi) is 6.17. The Labute approximate surface area is 166 Å². The fraction of sp³-hybridized carbons (Fsp3) is 0.524. The molecular weight excluding hydrogens is 358 g/mol. The van der Waals surface area contributed by atoms with Crippen LogP contribution < -0.4 is 4.74 Å². The van der Waals surface area contributed by atoms with Crippen molar-refractivity contribution < 1.29 is 9.53 Å². The Morgan fingerprint density at radius 1 is 1.19 bits per heavy atom. The molecule has 0 spiro atoms.